The number of rotatable bonds is 7. The Labute approximate surface area is 220 Å². The van der Waals surface area contributed by atoms with E-state index in [1.165, 1.54) is 24.4 Å². The van der Waals surface area contributed by atoms with Crippen LogP contribution in [0.4, 0.5) is 15.8 Å². The SMILES string of the molecule is O=C(O)c1cn(C2CC2)c2cc(N3CCN(Cc4cn(-c5ccc([N+](=O)[O-])cc5)nn4)CC3)c(F)cc2c1=O. The molecule has 0 unspecified atom stereocenters. The van der Waals surface area contributed by atoms with Crippen LogP contribution < -0.4 is 10.3 Å². The molecule has 1 saturated carbocycles. The smallest absolute Gasteiger partial charge is 0.341 e. The lowest BCUT2D eigenvalue weighted by atomic mass is 10.1. The molecular formula is C26H24FN7O5. The van der Waals surface area contributed by atoms with Crippen molar-refractivity contribution in [3.05, 3.63) is 86.2 Å². The highest BCUT2D eigenvalue weighted by Crippen LogP contribution is 2.38. The number of carbonyl (C=O) groups is 1. The molecule has 2 aliphatic rings. The number of halogens is 1. The third kappa shape index (κ3) is 4.72. The molecule has 13 heteroatoms. The van der Waals surface area contributed by atoms with Crippen LogP contribution in [-0.4, -0.2) is 66.6 Å². The summed E-state index contributed by atoms with van der Waals surface area (Å²) >= 11 is 0. The van der Waals surface area contributed by atoms with Crippen LogP contribution in [-0.2, 0) is 6.54 Å². The Morgan fingerprint density at radius 3 is 2.46 bits per heavy atom. The number of hydrogen-bond donors (Lipinski definition) is 1. The summed E-state index contributed by atoms with van der Waals surface area (Å²) < 4.78 is 18.6. The minimum Gasteiger partial charge on any atom is -0.477 e. The maximum atomic E-state index is 15.2. The normalized spacial score (nSPS) is 16.1. The number of nitro groups is 1. The number of benzene rings is 2. The number of nitro benzene ring substituents is 1. The first-order chi connectivity index (χ1) is 18.8. The first kappa shape index (κ1) is 24.7. The molecule has 6 rings (SSSR count). The summed E-state index contributed by atoms with van der Waals surface area (Å²) in [5, 5.41) is 28.7. The molecule has 3 heterocycles. The number of carboxylic acids is 1. The van der Waals surface area contributed by atoms with Gasteiger partial charge < -0.3 is 14.6 Å². The number of aromatic nitrogens is 4. The van der Waals surface area contributed by atoms with E-state index in [4.69, 9.17) is 0 Å². The van der Waals surface area contributed by atoms with E-state index in [-0.39, 0.29) is 22.7 Å². The molecular weight excluding hydrogens is 509 g/mol. The Kier molecular flexibility index (Phi) is 6.06. The minimum absolute atomic E-state index is 0.000598. The van der Waals surface area contributed by atoms with E-state index in [1.807, 2.05) is 4.90 Å². The van der Waals surface area contributed by atoms with Crippen molar-refractivity contribution in [3.63, 3.8) is 0 Å². The zero-order valence-electron chi connectivity index (χ0n) is 20.7. The molecule has 2 aromatic carbocycles. The number of aromatic carboxylic acids is 1. The van der Waals surface area contributed by atoms with Crippen LogP contribution in [0.1, 0.15) is 34.9 Å². The maximum absolute atomic E-state index is 15.2. The number of nitrogens with zero attached hydrogens (tertiary/aromatic N) is 7. The van der Waals surface area contributed by atoms with Gasteiger partial charge in [-0.05, 0) is 37.1 Å². The molecule has 12 nitrogen and oxygen atoms in total. The van der Waals surface area contributed by atoms with Gasteiger partial charge in [-0.3, -0.25) is 19.8 Å². The fourth-order valence-corrected chi connectivity index (χ4v) is 5.01. The average Bonchev–Trinajstić information content (AvgIpc) is 3.67. The summed E-state index contributed by atoms with van der Waals surface area (Å²) in [6.45, 7) is 2.95. The van der Waals surface area contributed by atoms with Crippen molar-refractivity contribution in [2.24, 2.45) is 0 Å². The van der Waals surface area contributed by atoms with Gasteiger partial charge >= 0.3 is 5.97 Å². The van der Waals surface area contributed by atoms with Gasteiger partial charge in [-0.15, -0.1) is 5.10 Å². The second kappa shape index (κ2) is 9.58. The lowest BCUT2D eigenvalue weighted by Crippen LogP contribution is -2.46. The highest BCUT2D eigenvalue weighted by Gasteiger charge is 2.28. The van der Waals surface area contributed by atoms with E-state index in [2.05, 4.69) is 15.2 Å². The van der Waals surface area contributed by atoms with Crippen molar-refractivity contribution in [2.75, 3.05) is 31.1 Å². The van der Waals surface area contributed by atoms with Crippen molar-refractivity contribution in [2.45, 2.75) is 25.4 Å². The molecule has 1 N–H and O–H groups in total. The number of carboxylic acid groups (broad SMARTS) is 1. The fourth-order valence-electron chi connectivity index (χ4n) is 5.01. The Balaban J connectivity index is 1.17. The Bertz CT molecular complexity index is 1650. The molecule has 0 amide bonds. The number of non-ortho nitro benzene ring substituents is 1. The number of anilines is 1. The van der Waals surface area contributed by atoms with Gasteiger partial charge in [-0.2, -0.15) is 0 Å². The summed E-state index contributed by atoms with van der Waals surface area (Å²) in [6, 6.07) is 8.99. The molecule has 2 aromatic heterocycles. The molecule has 1 aliphatic carbocycles. The monoisotopic (exact) mass is 533 g/mol. The van der Waals surface area contributed by atoms with Crippen molar-refractivity contribution in [1.82, 2.24) is 24.5 Å². The van der Waals surface area contributed by atoms with Gasteiger partial charge in [-0.1, -0.05) is 5.21 Å². The maximum Gasteiger partial charge on any atom is 0.341 e. The quantitative estimate of drug-likeness (QED) is 0.280. The fraction of sp³-hybridized carbons (Fsp3) is 0.308. The van der Waals surface area contributed by atoms with Crippen LogP contribution >= 0.6 is 0 Å². The summed E-state index contributed by atoms with van der Waals surface area (Å²) in [5.41, 5.74) is 1.32. The van der Waals surface area contributed by atoms with E-state index in [1.54, 1.807) is 33.6 Å². The molecule has 39 heavy (non-hydrogen) atoms. The van der Waals surface area contributed by atoms with Crippen molar-refractivity contribution in [3.8, 4) is 5.69 Å². The van der Waals surface area contributed by atoms with Crippen LogP contribution in [0.5, 0.6) is 0 Å². The highest BCUT2D eigenvalue weighted by atomic mass is 19.1. The number of fused-ring (bicyclic) bond motifs is 1. The van der Waals surface area contributed by atoms with Gasteiger partial charge in [0.1, 0.15) is 11.4 Å². The van der Waals surface area contributed by atoms with Gasteiger partial charge in [0, 0.05) is 62.5 Å². The van der Waals surface area contributed by atoms with E-state index < -0.39 is 22.1 Å². The van der Waals surface area contributed by atoms with Gasteiger partial charge in [-0.25, -0.2) is 13.9 Å². The predicted molar refractivity (Wildman–Crippen MR) is 139 cm³/mol. The molecule has 0 atom stereocenters. The topological polar surface area (TPSA) is 140 Å². The number of pyridine rings is 1. The lowest BCUT2D eigenvalue weighted by Gasteiger charge is -2.36. The van der Waals surface area contributed by atoms with E-state index in [9.17, 15) is 24.8 Å². The van der Waals surface area contributed by atoms with Gasteiger partial charge in [0.05, 0.1) is 33.7 Å². The summed E-state index contributed by atoms with van der Waals surface area (Å²) in [4.78, 5) is 38.8. The zero-order valence-corrected chi connectivity index (χ0v) is 20.7. The summed E-state index contributed by atoms with van der Waals surface area (Å²) in [7, 11) is 0. The Morgan fingerprint density at radius 1 is 1.10 bits per heavy atom. The third-order valence-electron chi connectivity index (χ3n) is 7.24. The molecule has 1 aliphatic heterocycles. The number of piperazine rings is 1. The van der Waals surface area contributed by atoms with Crippen molar-refractivity contribution < 1.29 is 19.2 Å². The van der Waals surface area contributed by atoms with E-state index >= 15 is 4.39 Å². The van der Waals surface area contributed by atoms with Gasteiger partial charge in [0.25, 0.3) is 5.69 Å². The van der Waals surface area contributed by atoms with Crippen LogP contribution in [0, 0.1) is 15.9 Å². The van der Waals surface area contributed by atoms with Gasteiger partial charge in [0.15, 0.2) is 0 Å². The molecule has 0 radical (unpaired) electrons. The Hall–Kier alpha value is -4.65. The first-order valence-electron chi connectivity index (χ1n) is 12.5. The molecule has 1 saturated heterocycles. The molecule has 2 fully saturated rings. The number of hydrogen-bond acceptors (Lipinski definition) is 8. The largest absolute Gasteiger partial charge is 0.477 e. The van der Waals surface area contributed by atoms with Crippen LogP contribution in [0.3, 0.4) is 0 Å². The average molecular weight is 534 g/mol. The Morgan fingerprint density at radius 2 is 1.82 bits per heavy atom. The van der Waals surface area contributed by atoms with Crippen LogP contribution in [0.2, 0.25) is 0 Å². The first-order valence-corrected chi connectivity index (χ1v) is 12.5. The summed E-state index contributed by atoms with van der Waals surface area (Å²) in [5.74, 6) is -1.87. The second-order valence-electron chi connectivity index (χ2n) is 9.83. The zero-order chi connectivity index (χ0) is 27.3. The lowest BCUT2D eigenvalue weighted by molar-refractivity contribution is -0.384. The minimum atomic E-state index is -1.32. The second-order valence-corrected chi connectivity index (χ2v) is 9.83. The molecule has 0 spiro atoms. The van der Waals surface area contributed by atoms with Crippen molar-refractivity contribution >= 4 is 28.2 Å². The van der Waals surface area contributed by atoms with Crippen LogP contribution in [0.15, 0.2) is 53.6 Å². The molecule has 0 bridgehead atoms. The standard InChI is InChI=1S/C26H24FN7O5/c27-22-11-20-23(32(17-1-2-17)15-21(25(20)35)26(36)37)12-24(22)31-9-7-30(8-10-31)13-16-14-33(29-28-16)18-3-5-19(6-4-18)34(38)39/h3-6,11-12,14-15,17H,1-2,7-10,13H2,(H,36,37). The van der Waals surface area contributed by atoms with Crippen LogP contribution in [0.25, 0.3) is 16.6 Å². The van der Waals surface area contributed by atoms with Crippen molar-refractivity contribution in [1.29, 1.82) is 0 Å². The van der Waals surface area contributed by atoms with Gasteiger partial charge in [0.2, 0.25) is 5.43 Å². The highest BCUT2D eigenvalue weighted by molar-refractivity contribution is 5.93. The van der Waals surface area contributed by atoms with E-state index in [0.29, 0.717) is 49.6 Å². The van der Waals surface area contributed by atoms with E-state index in [0.717, 1.165) is 18.5 Å². The predicted octanol–water partition coefficient (Wildman–Crippen LogP) is 2.98. The summed E-state index contributed by atoms with van der Waals surface area (Å²) in [6.07, 6.45) is 4.93. The third-order valence-corrected chi connectivity index (χ3v) is 7.24. The molecule has 200 valence electrons. The molecule has 4 aromatic rings.